The minimum Gasteiger partial charge on any atom is -0.314 e. The van der Waals surface area contributed by atoms with Gasteiger partial charge in [-0.2, -0.15) is 0 Å². The molecule has 1 saturated heterocycles. The van der Waals surface area contributed by atoms with Crippen molar-refractivity contribution in [3.63, 3.8) is 0 Å². The van der Waals surface area contributed by atoms with Crippen molar-refractivity contribution in [2.75, 3.05) is 12.3 Å². The molecule has 3 nitrogen and oxygen atoms in total. The summed E-state index contributed by atoms with van der Waals surface area (Å²) in [5, 5.41) is 3.44. The van der Waals surface area contributed by atoms with E-state index in [4.69, 9.17) is 0 Å². The number of benzene rings is 1. The first-order valence-electron chi connectivity index (χ1n) is 6.23. The quantitative estimate of drug-likeness (QED) is 0.862. The molecule has 0 bridgehead atoms. The number of aryl methyl sites for hydroxylation is 1. The molecule has 1 fully saturated rings. The van der Waals surface area contributed by atoms with Gasteiger partial charge in [-0.3, -0.25) is 0 Å². The zero-order valence-corrected chi connectivity index (χ0v) is 10.6. The fourth-order valence-electron chi connectivity index (χ4n) is 2.79. The van der Waals surface area contributed by atoms with Crippen molar-refractivity contribution in [2.45, 2.75) is 36.6 Å². The molecule has 0 aliphatic carbocycles. The second-order valence-corrected chi connectivity index (χ2v) is 7.09. The van der Waals surface area contributed by atoms with Crippen LogP contribution < -0.4 is 5.32 Å². The molecule has 2 aliphatic rings. The van der Waals surface area contributed by atoms with Gasteiger partial charge in [0.2, 0.25) is 0 Å². The standard InChI is InChI=1S/C13H17NO2S/c15-17(16)7-5-11-4-3-10(9-13(11)17)8-12-2-1-6-14-12/h3-4,9,12,14H,1-2,5-8H2. The second kappa shape index (κ2) is 4.10. The van der Waals surface area contributed by atoms with Gasteiger partial charge in [-0.05, 0) is 49.4 Å². The lowest BCUT2D eigenvalue weighted by Crippen LogP contribution is -2.23. The van der Waals surface area contributed by atoms with Gasteiger partial charge in [-0.25, -0.2) is 8.42 Å². The molecule has 92 valence electrons. The fraction of sp³-hybridized carbons (Fsp3) is 0.538. The molecule has 17 heavy (non-hydrogen) atoms. The first-order chi connectivity index (χ1) is 8.15. The molecule has 1 aromatic rings. The summed E-state index contributed by atoms with van der Waals surface area (Å²) in [4.78, 5) is 0.577. The van der Waals surface area contributed by atoms with Gasteiger partial charge in [0.15, 0.2) is 9.84 Å². The van der Waals surface area contributed by atoms with Crippen LogP contribution in [0.15, 0.2) is 23.1 Å². The molecule has 0 amide bonds. The lowest BCUT2D eigenvalue weighted by Gasteiger charge is -2.11. The average molecular weight is 251 g/mol. The van der Waals surface area contributed by atoms with E-state index in [1.54, 1.807) is 0 Å². The maximum absolute atomic E-state index is 11.8. The summed E-state index contributed by atoms with van der Waals surface area (Å²) < 4.78 is 23.7. The number of nitrogens with one attached hydrogen (secondary N) is 1. The number of rotatable bonds is 2. The zero-order valence-electron chi connectivity index (χ0n) is 9.78. The normalized spacial score (nSPS) is 26.0. The smallest absolute Gasteiger partial charge is 0.178 e. The van der Waals surface area contributed by atoms with E-state index in [0.717, 1.165) is 24.1 Å². The van der Waals surface area contributed by atoms with E-state index in [-0.39, 0.29) is 5.75 Å². The monoisotopic (exact) mass is 251 g/mol. The minimum atomic E-state index is -2.98. The summed E-state index contributed by atoms with van der Waals surface area (Å²) in [6.07, 6.45) is 4.06. The summed E-state index contributed by atoms with van der Waals surface area (Å²) in [6.45, 7) is 1.09. The van der Waals surface area contributed by atoms with E-state index in [2.05, 4.69) is 11.4 Å². The topological polar surface area (TPSA) is 46.2 Å². The van der Waals surface area contributed by atoms with E-state index < -0.39 is 9.84 Å². The van der Waals surface area contributed by atoms with E-state index >= 15 is 0 Å². The van der Waals surface area contributed by atoms with Crippen LogP contribution in [0.5, 0.6) is 0 Å². The largest absolute Gasteiger partial charge is 0.314 e. The zero-order chi connectivity index (χ0) is 11.9. The number of fused-ring (bicyclic) bond motifs is 1. The molecule has 2 aliphatic heterocycles. The highest BCUT2D eigenvalue weighted by Crippen LogP contribution is 2.27. The highest BCUT2D eigenvalue weighted by molar-refractivity contribution is 7.91. The molecule has 0 aromatic heterocycles. The van der Waals surface area contributed by atoms with Crippen LogP contribution in [0.3, 0.4) is 0 Å². The molecule has 3 rings (SSSR count). The molecule has 2 heterocycles. The van der Waals surface area contributed by atoms with Crippen LogP contribution >= 0.6 is 0 Å². The predicted molar refractivity (Wildman–Crippen MR) is 66.9 cm³/mol. The Morgan fingerprint density at radius 1 is 1.35 bits per heavy atom. The molecule has 1 unspecified atom stereocenters. The van der Waals surface area contributed by atoms with Gasteiger partial charge >= 0.3 is 0 Å². The third-order valence-electron chi connectivity index (χ3n) is 3.75. The Kier molecular flexibility index (Phi) is 2.71. The van der Waals surface area contributed by atoms with E-state index in [9.17, 15) is 8.42 Å². The Hall–Kier alpha value is -0.870. The van der Waals surface area contributed by atoms with Crippen molar-refractivity contribution in [2.24, 2.45) is 0 Å². The summed E-state index contributed by atoms with van der Waals surface area (Å²) in [5.41, 5.74) is 2.14. The molecule has 0 radical (unpaired) electrons. The Balaban J connectivity index is 1.88. The summed E-state index contributed by atoms with van der Waals surface area (Å²) in [6, 6.07) is 6.48. The van der Waals surface area contributed by atoms with Crippen molar-refractivity contribution in [1.29, 1.82) is 0 Å². The van der Waals surface area contributed by atoms with Gasteiger partial charge in [-0.1, -0.05) is 12.1 Å². The van der Waals surface area contributed by atoms with Gasteiger partial charge in [0.25, 0.3) is 0 Å². The predicted octanol–water partition coefficient (Wildman–Crippen LogP) is 1.31. The molecular weight excluding hydrogens is 234 g/mol. The third-order valence-corrected chi connectivity index (χ3v) is 5.54. The van der Waals surface area contributed by atoms with E-state index in [0.29, 0.717) is 17.4 Å². The van der Waals surface area contributed by atoms with Crippen LogP contribution in [0.4, 0.5) is 0 Å². The molecule has 4 heteroatoms. The van der Waals surface area contributed by atoms with Crippen LogP contribution in [0, 0.1) is 0 Å². The molecule has 1 N–H and O–H groups in total. The van der Waals surface area contributed by atoms with Crippen LogP contribution in [-0.4, -0.2) is 26.8 Å². The first kappa shape index (κ1) is 11.2. The summed E-state index contributed by atoms with van der Waals surface area (Å²) in [7, 11) is -2.98. The molecular formula is C13H17NO2S. The highest BCUT2D eigenvalue weighted by atomic mass is 32.2. The Morgan fingerprint density at radius 3 is 3.00 bits per heavy atom. The Labute approximate surface area is 102 Å². The Bertz CT molecular complexity index is 530. The highest BCUT2D eigenvalue weighted by Gasteiger charge is 2.26. The lowest BCUT2D eigenvalue weighted by atomic mass is 10.0. The van der Waals surface area contributed by atoms with E-state index in [1.807, 2.05) is 12.1 Å². The van der Waals surface area contributed by atoms with Crippen LogP contribution in [0.2, 0.25) is 0 Å². The van der Waals surface area contributed by atoms with Crippen LogP contribution in [0.1, 0.15) is 24.0 Å². The van der Waals surface area contributed by atoms with E-state index in [1.165, 1.54) is 12.8 Å². The summed E-state index contributed by atoms with van der Waals surface area (Å²) >= 11 is 0. The van der Waals surface area contributed by atoms with Gasteiger partial charge in [0.1, 0.15) is 0 Å². The van der Waals surface area contributed by atoms with Crippen LogP contribution in [-0.2, 0) is 22.7 Å². The molecule has 0 saturated carbocycles. The third kappa shape index (κ3) is 2.11. The maximum Gasteiger partial charge on any atom is 0.178 e. The molecule has 0 spiro atoms. The van der Waals surface area contributed by atoms with Crippen molar-refractivity contribution < 1.29 is 8.42 Å². The Morgan fingerprint density at radius 2 is 2.24 bits per heavy atom. The second-order valence-electron chi connectivity index (χ2n) is 5.01. The van der Waals surface area contributed by atoms with Crippen molar-refractivity contribution in [3.8, 4) is 0 Å². The SMILES string of the molecule is O=S1(=O)CCc2ccc(CC3CCCN3)cc21. The minimum absolute atomic E-state index is 0.285. The van der Waals surface area contributed by atoms with Crippen molar-refractivity contribution in [1.82, 2.24) is 5.32 Å². The van der Waals surface area contributed by atoms with Crippen molar-refractivity contribution in [3.05, 3.63) is 29.3 Å². The summed E-state index contributed by atoms with van der Waals surface area (Å²) in [5.74, 6) is 0.285. The molecule has 1 aromatic carbocycles. The van der Waals surface area contributed by atoms with Gasteiger partial charge in [0, 0.05) is 6.04 Å². The average Bonchev–Trinajstić information content (AvgIpc) is 2.89. The van der Waals surface area contributed by atoms with Crippen LogP contribution in [0.25, 0.3) is 0 Å². The van der Waals surface area contributed by atoms with Crippen molar-refractivity contribution >= 4 is 9.84 Å². The molecule has 1 atom stereocenters. The van der Waals surface area contributed by atoms with Gasteiger partial charge in [-0.15, -0.1) is 0 Å². The van der Waals surface area contributed by atoms with Gasteiger partial charge < -0.3 is 5.32 Å². The van der Waals surface area contributed by atoms with Gasteiger partial charge in [0.05, 0.1) is 10.6 Å². The number of hydrogen-bond donors (Lipinski definition) is 1. The number of hydrogen-bond acceptors (Lipinski definition) is 3. The fourth-order valence-corrected chi connectivity index (χ4v) is 4.40. The number of sulfone groups is 1. The maximum atomic E-state index is 11.8. The lowest BCUT2D eigenvalue weighted by molar-refractivity contribution is 0.596. The first-order valence-corrected chi connectivity index (χ1v) is 7.88.